The molecular weight excluding hydrogens is 459 g/mol. The van der Waals surface area contributed by atoms with E-state index < -0.39 is 17.9 Å². The van der Waals surface area contributed by atoms with E-state index >= 15 is 0 Å². The van der Waals surface area contributed by atoms with Gasteiger partial charge in [0.15, 0.2) is 0 Å². The summed E-state index contributed by atoms with van der Waals surface area (Å²) >= 11 is 6.02. The molecule has 0 spiro atoms. The van der Waals surface area contributed by atoms with Crippen LogP contribution in [-0.4, -0.2) is 47.3 Å². The smallest absolute Gasteiger partial charge is 0.322 e. The zero-order valence-corrected chi connectivity index (χ0v) is 19.9. The van der Waals surface area contributed by atoms with Crippen LogP contribution in [0.15, 0.2) is 59.8 Å². The van der Waals surface area contributed by atoms with E-state index in [0.717, 1.165) is 5.56 Å². The van der Waals surface area contributed by atoms with Crippen molar-refractivity contribution in [2.45, 2.75) is 32.4 Å². The molecular formula is C25H26ClFN4O3. The molecule has 34 heavy (non-hydrogen) atoms. The van der Waals surface area contributed by atoms with E-state index in [1.807, 2.05) is 13.8 Å². The molecule has 2 aromatic rings. The molecule has 0 saturated carbocycles. The first kappa shape index (κ1) is 23.8. The second-order valence-corrected chi connectivity index (χ2v) is 9.36. The second kappa shape index (κ2) is 9.46. The Morgan fingerprint density at radius 1 is 1.15 bits per heavy atom. The fraction of sp³-hybridized carbons (Fsp3) is 0.320. The Hall–Kier alpha value is -3.39. The Bertz CT molecular complexity index is 1150. The van der Waals surface area contributed by atoms with Crippen LogP contribution in [0.3, 0.4) is 0 Å². The van der Waals surface area contributed by atoms with E-state index in [9.17, 15) is 18.8 Å². The average molecular weight is 485 g/mol. The second-order valence-electron chi connectivity index (χ2n) is 8.93. The van der Waals surface area contributed by atoms with Crippen molar-refractivity contribution in [1.29, 1.82) is 0 Å². The van der Waals surface area contributed by atoms with Crippen LogP contribution in [0.1, 0.15) is 31.9 Å². The molecule has 0 bridgehead atoms. The van der Waals surface area contributed by atoms with Crippen LogP contribution in [0.25, 0.3) is 0 Å². The summed E-state index contributed by atoms with van der Waals surface area (Å²) < 4.78 is 13.3. The van der Waals surface area contributed by atoms with Crippen molar-refractivity contribution in [1.82, 2.24) is 15.1 Å². The van der Waals surface area contributed by atoms with Crippen molar-refractivity contribution >= 4 is 35.1 Å². The molecule has 2 atom stereocenters. The summed E-state index contributed by atoms with van der Waals surface area (Å²) in [6.45, 7) is 4.08. The summed E-state index contributed by atoms with van der Waals surface area (Å²) in [5.41, 5.74) is 2.17. The van der Waals surface area contributed by atoms with Gasteiger partial charge in [-0.2, -0.15) is 0 Å². The number of hydrogen-bond acceptors (Lipinski definition) is 3. The molecule has 2 N–H and O–H groups in total. The molecule has 2 aromatic carbocycles. The van der Waals surface area contributed by atoms with Gasteiger partial charge in [0.1, 0.15) is 11.9 Å². The van der Waals surface area contributed by atoms with Crippen molar-refractivity contribution in [2.24, 2.45) is 5.92 Å². The third-order valence-electron chi connectivity index (χ3n) is 6.08. The number of rotatable bonds is 6. The van der Waals surface area contributed by atoms with Crippen molar-refractivity contribution < 1.29 is 18.8 Å². The number of amides is 4. The summed E-state index contributed by atoms with van der Waals surface area (Å²) in [6.07, 6.45) is 0.427. The highest BCUT2D eigenvalue weighted by molar-refractivity contribution is 6.30. The largest absolute Gasteiger partial charge is 0.327 e. The Labute approximate surface area is 202 Å². The number of urea groups is 1. The number of halogens is 2. The van der Waals surface area contributed by atoms with Gasteiger partial charge in [0, 0.05) is 17.8 Å². The fourth-order valence-corrected chi connectivity index (χ4v) is 4.45. The normalized spacial score (nSPS) is 18.8. The number of carbonyl (C=O) groups is 3. The number of likely N-dealkylation sites (N-methyl/N-ethyl adjacent to an activating group) is 1. The number of nitrogens with zero attached hydrogens (tertiary/aromatic N) is 2. The maximum Gasteiger partial charge on any atom is 0.322 e. The van der Waals surface area contributed by atoms with Gasteiger partial charge in [-0.1, -0.05) is 37.6 Å². The highest BCUT2D eigenvalue weighted by Crippen LogP contribution is 2.37. The van der Waals surface area contributed by atoms with Gasteiger partial charge in [-0.3, -0.25) is 14.5 Å². The Balaban J connectivity index is 1.65. The van der Waals surface area contributed by atoms with E-state index in [0.29, 0.717) is 28.4 Å². The fourth-order valence-electron chi connectivity index (χ4n) is 4.33. The lowest BCUT2D eigenvalue weighted by atomic mass is 9.95. The molecule has 2 aliphatic rings. The molecule has 0 saturated heterocycles. The molecule has 0 aromatic heterocycles. The zero-order valence-electron chi connectivity index (χ0n) is 19.1. The first-order valence-corrected chi connectivity index (χ1v) is 11.4. The van der Waals surface area contributed by atoms with E-state index in [-0.39, 0.29) is 30.3 Å². The van der Waals surface area contributed by atoms with Crippen LogP contribution in [0.2, 0.25) is 5.02 Å². The summed E-state index contributed by atoms with van der Waals surface area (Å²) in [5.74, 6) is -0.948. The predicted molar refractivity (Wildman–Crippen MR) is 127 cm³/mol. The minimum Gasteiger partial charge on any atom is -0.327 e. The van der Waals surface area contributed by atoms with Crippen LogP contribution in [0.4, 0.5) is 14.9 Å². The van der Waals surface area contributed by atoms with Crippen LogP contribution in [0.5, 0.6) is 0 Å². The third kappa shape index (κ3) is 4.63. The van der Waals surface area contributed by atoms with Crippen LogP contribution >= 0.6 is 11.6 Å². The van der Waals surface area contributed by atoms with Gasteiger partial charge >= 0.3 is 6.03 Å². The molecule has 4 rings (SSSR count). The van der Waals surface area contributed by atoms with Crippen molar-refractivity contribution in [3.63, 3.8) is 0 Å². The van der Waals surface area contributed by atoms with Gasteiger partial charge in [0.25, 0.3) is 5.91 Å². The van der Waals surface area contributed by atoms with Gasteiger partial charge in [-0.05, 0) is 54.3 Å². The lowest BCUT2D eigenvalue weighted by Crippen LogP contribution is -2.47. The third-order valence-corrected chi connectivity index (χ3v) is 6.33. The summed E-state index contributed by atoms with van der Waals surface area (Å²) in [6, 6.07) is 10.7. The molecule has 0 radical (unpaired) electrons. The molecule has 178 valence electrons. The Kier molecular flexibility index (Phi) is 6.61. The molecule has 2 aliphatic heterocycles. The molecule has 7 nitrogen and oxygen atoms in total. The minimum atomic E-state index is -0.766. The standard InChI is InChI=1S/C25H26ClFN4O3/c1-14(2)12-19(23(32)28-18-10-8-17(27)9-11-18)31-13-20-21(24(31)33)22(29-25(34)30(20)3)15-4-6-16(26)7-5-15/h4-11,14,19,22H,12-13H2,1-3H3,(H,28,32)(H,29,34). The lowest BCUT2D eigenvalue weighted by Gasteiger charge is -2.31. The number of nitrogens with one attached hydrogen (secondary N) is 2. The predicted octanol–water partition coefficient (Wildman–Crippen LogP) is 4.32. The van der Waals surface area contributed by atoms with Crippen LogP contribution in [0, 0.1) is 11.7 Å². The summed E-state index contributed by atoms with van der Waals surface area (Å²) in [7, 11) is 1.61. The lowest BCUT2D eigenvalue weighted by molar-refractivity contribution is -0.134. The topological polar surface area (TPSA) is 81.8 Å². The highest BCUT2D eigenvalue weighted by atomic mass is 35.5. The number of carbonyl (C=O) groups excluding carboxylic acids is 3. The van der Waals surface area contributed by atoms with E-state index in [1.165, 1.54) is 34.1 Å². The SMILES string of the molecule is CC(C)CC(C(=O)Nc1ccc(F)cc1)N1CC2=C(C1=O)C(c1ccc(Cl)cc1)NC(=O)N2C. The van der Waals surface area contributed by atoms with Gasteiger partial charge in [0.2, 0.25) is 5.91 Å². The van der Waals surface area contributed by atoms with Crippen molar-refractivity contribution in [3.8, 4) is 0 Å². The maximum atomic E-state index is 13.7. The molecule has 0 fully saturated rings. The molecule has 0 aliphatic carbocycles. The van der Waals surface area contributed by atoms with E-state index in [4.69, 9.17) is 11.6 Å². The number of anilines is 1. The first-order chi connectivity index (χ1) is 16.2. The molecule has 9 heteroatoms. The van der Waals surface area contributed by atoms with Gasteiger partial charge in [0.05, 0.1) is 23.9 Å². The minimum absolute atomic E-state index is 0.124. The maximum absolute atomic E-state index is 13.7. The molecule has 4 amide bonds. The molecule has 2 unspecified atom stereocenters. The Morgan fingerprint density at radius 3 is 2.41 bits per heavy atom. The van der Waals surface area contributed by atoms with Gasteiger partial charge < -0.3 is 15.5 Å². The van der Waals surface area contributed by atoms with Crippen LogP contribution < -0.4 is 10.6 Å². The van der Waals surface area contributed by atoms with Crippen LogP contribution in [-0.2, 0) is 9.59 Å². The molecule has 2 heterocycles. The van der Waals surface area contributed by atoms with E-state index in [1.54, 1.807) is 31.3 Å². The Morgan fingerprint density at radius 2 is 1.79 bits per heavy atom. The summed E-state index contributed by atoms with van der Waals surface area (Å²) in [5, 5.41) is 6.22. The monoisotopic (exact) mass is 484 g/mol. The average Bonchev–Trinajstić information content (AvgIpc) is 3.14. The van der Waals surface area contributed by atoms with Gasteiger partial charge in [-0.25, -0.2) is 9.18 Å². The zero-order chi connectivity index (χ0) is 24.6. The highest BCUT2D eigenvalue weighted by Gasteiger charge is 2.46. The number of hydrogen-bond donors (Lipinski definition) is 2. The van der Waals surface area contributed by atoms with Crippen molar-refractivity contribution in [2.75, 3.05) is 18.9 Å². The van der Waals surface area contributed by atoms with Crippen molar-refractivity contribution in [3.05, 3.63) is 76.2 Å². The number of benzene rings is 2. The quantitative estimate of drug-likeness (QED) is 0.640. The summed E-state index contributed by atoms with van der Waals surface area (Å²) in [4.78, 5) is 42.6. The first-order valence-electron chi connectivity index (χ1n) is 11.1. The van der Waals surface area contributed by atoms with Gasteiger partial charge in [-0.15, -0.1) is 0 Å². The van der Waals surface area contributed by atoms with E-state index in [2.05, 4.69) is 10.6 Å².